The summed E-state index contributed by atoms with van der Waals surface area (Å²) in [5, 5.41) is 3.46. The number of carbonyl (C=O) groups excluding carboxylic acids is 2. The highest BCUT2D eigenvalue weighted by Crippen LogP contribution is 2.30. The number of rotatable bonds is 5. The second kappa shape index (κ2) is 6.74. The molecule has 3 N–H and O–H groups in total. The minimum absolute atomic E-state index is 0.192. The molecule has 24 heavy (non-hydrogen) atoms. The number of amides is 2. The Hall–Kier alpha value is -2.19. The van der Waals surface area contributed by atoms with Crippen LogP contribution in [0.4, 0.5) is 0 Å². The van der Waals surface area contributed by atoms with Crippen molar-refractivity contribution >= 4 is 23.2 Å². The normalized spacial score (nSPS) is 16.7. The molecule has 0 aliphatic carbocycles. The van der Waals surface area contributed by atoms with E-state index >= 15 is 0 Å². The number of hydrogen-bond acceptors (Lipinski definition) is 6. The van der Waals surface area contributed by atoms with Gasteiger partial charge in [0.25, 0.3) is 5.91 Å². The maximum absolute atomic E-state index is 12.5. The summed E-state index contributed by atoms with van der Waals surface area (Å²) in [5.41, 5.74) is 5.15. The maximum atomic E-state index is 12.5. The van der Waals surface area contributed by atoms with Crippen LogP contribution in [0.1, 0.15) is 28.2 Å². The number of carbonyl (C=O) groups is 2. The molecule has 0 radical (unpaired) electrons. The van der Waals surface area contributed by atoms with Gasteiger partial charge in [-0.15, -0.1) is 11.3 Å². The third-order valence-electron chi connectivity index (χ3n) is 4.30. The summed E-state index contributed by atoms with van der Waals surface area (Å²) < 4.78 is 10.6. The van der Waals surface area contributed by atoms with Gasteiger partial charge in [-0.1, -0.05) is 0 Å². The molecule has 7 nitrogen and oxygen atoms in total. The summed E-state index contributed by atoms with van der Waals surface area (Å²) in [5.74, 6) is -0.0915. The van der Waals surface area contributed by atoms with E-state index in [1.54, 1.807) is 18.4 Å². The predicted molar refractivity (Wildman–Crippen MR) is 88.6 cm³/mol. The Morgan fingerprint density at radius 1 is 1.42 bits per heavy atom. The highest BCUT2D eigenvalue weighted by Gasteiger charge is 2.39. The molecule has 2 amide bonds. The summed E-state index contributed by atoms with van der Waals surface area (Å²) >= 11 is 1.39. The average molecular weight is 349 g/mol. The number of ether oxygens (including phenoxy) is 1. The van der Waals surface area contributed by atoms with E-state index in [9.17, 15) is 9.59 Å². The highest BCUT2D eigenvalue weighted by molar-refractivity contribution is 7.15. The minimum atomic E-state index is -0.748. The standard InChI is InChI=1S/C16H19N3O4S/c1-10-12(19-14(24-10)11-3-2-6-23-11)13(20)18-9-16(15(17)21)4-7-22-8-5-16/h2-3,6H,4-5,7-9H2,1H3,(H2,17,21)(H,18,20). The van der Waals surface area contributed by atoms with E-state index in [4.69, 9.17) is 14.9 Å². The first-order valence-electron chi connectivity index (χ1n) is 7.69. The van der Waals surface area contributed by atoms with Crippen molar-refractivity contribution in [3.8, 4) is 10.8 Å². The molecular weight excluding hydrogens is 330 g/mol. The summed E-state index contributed by atoms with van der Waals surface area (Å²) in [4.78, 5) is 29.5. The molecule has 0 aromatic carbocycles. The summed E-state index contributed by atoms with van der Waals surface area (Å²) in [6, 6.07) is 3.57. The van der Waals surface area contributed by atoms with Gasteiger partial charge in [0.1, 0.15) is 5.69 Å². The summed E-state index contributed by atoms with van der Waals surface area (Å²) in [6.45, 7) is 2.96. The van der Waals surface area contributed by atoms with Crippen molar-refractivity contribution in [2.45, 2.75) is 19.8 Å². The molecule has 1 saturated heterocycles. The van der Waals surface area contributed by atoms with Gasteiger partial charge in [-0.05, 0) is 31.9 Å². The molecule has 8 heteroatoms. The molecule has 2 aromatic rings. The van der Waals surface area contributed by atoms with Gasteiger partial charge < -0.3 is 20.2 Å². The Kier molecular flexibility index (Phi) is 4.68. The molecule has 0 spiro atoms. The minimum Gasteiger partial charge on any atom is -0.462 e. The number of hydrogen-bond donors (Lipinski definition) is 2. The number of nitrogens with one attached hydrogen (secondary N) is 1. The first-order valence-corrected chi connectivity index (χ1v) is 8.51. The first kappa shape index (κ1) is 16.7. The maximum Gasteiger partial charge on any atom is 0.271 e. The number of thiazole rings is 1. The molecule has 3 heterocycles. The summed E-state index contributed by atoms with van der Waals surface area (Å²) in [7, 11) is 0. The Bertz CT molecular complexity index is 733. The van der Waals surface area contributed by atoms with Gasteiger partial charge >= 0.3 is 0 Å². The SMILES string of the molecule is Cc1sc(-c2ccco2)nc1C(=O)NCC1(C(N)=O)CCOCC1. The van der Waals surface area contributed by atoms with Crippen LogP contribution in [0.25, 0.3) is 10.8 Å². The predicted octanol–water partition coefficient (Wildman–Crippen LogP) is 1.72. The lowest BCUT2D eigenvalue weighted by molar-refractivity contribution is -0.132. The molecule has 0 atom stereocenters. The van der Waals surface area contributed by atoms with Crippen molar-refractivity contribution in [2.75, 3.05) is 19.8 Å². The number of aromatic nitrogens is 1. The van der Waals surface area contributed by atoms with Crippen LogP contribution >= 0.6 is 11.3 Å². The van der Waals surface area contributed by atoms with E-state index in [-0.39, 0.29) is 12.5 Å². The number of aryl methyl sites for hydroxylation is 1. The van der Waals surface area contributed by atoms with Crippen molar-refractivity contribution in [3.05, 3.63) is 29.0 Å². The molecular formula is C16H19N3O4S. The Balaban J connectivity index is 1.72. The third-order valence-corrected chi connectivity index (χ3v) is 5.29. The molecule has 3 rings (SSSR count). The van der Waals surface area contributed by atoms with Crippen LogP contribution in [0.2, 0.25) is 0 Å². The van der Waals surface area contributed by atoms with Crippen LogP contribution in [0, 0.1) is 12.3 Å². The van der Waals surface area contributed by atoms with Gasteiger partial charge in [0.15, 0.2) is 10.8 Å². The van der Waals surface area contributed by atoms with E-state index in [0.29, 0.717) is 42.5 Å². The molecule has 0 saturated carbocycles. The molecule has 1 fully saturated rings. The average Bonchev–Trinajstić information content (AvgIpc) is 3.22. The van der Waals surface area contributed by atoms with Gasteiger partial charge in [-0.2, -0.15) is 0 Å². The van der Waals surface area contributed by atoms with Gasteiger partial charge in [0.05, 0.1) is 11.7 Å². The Morgan fingerprint density at radius 3 is 2.79 bits per heavy atom. The summed E-state index contributed by atoms with van der Waals surface area (Å²) in [6.07, 6.45) is 2.58. The second-order valence-electron chi connectivity index (χ2n) is 5.84. The zero-order chi connectivity index (χ0) is 17.2. The first-order chi connectivity index (χ1) is 11.5. The second-order valence-corrected chi connectivity index (χ2v) is 7.04. The molecule has 0 unspecified atom stereocenters. The Morgan fingerprint density at radius 2 is 2.17 bits per heavy atom. The molecule has 1 aliphatic rings. The van der Waals surface area contributed by atoms with Crippen molar-refractivity contribution in [2.24, 2.45) is 11.1 Å². The topological polar surface area (TPSA) is 107 Å². The van der Waals surface area contributed by atoms with E-state index in [2.05, 4.69) is 10.3 Å². The lowest BCUT2D eigenvalue weighted by atomic mass is 9.79. The van der Waals surface area contributed by atoms with Crippen molar-refractivity contribution < 1.29 is 18.7 Å². The van der Waals surface area contributed by atoms with Gasteiger partial charge in [0.2, 0.25) is 5.91 Å². The monoisotopic (exact) mass is 349 g/mol. The van der Waals surface area contributed by atoms with Crippen molar-refractivity contribution in [1.82, 2.24) is 10.3 Å². The van der Waals surface area contributed by atoms with Crippen LogP contribution in [0.3, 0.4) is 0 Å². The molecule has 128 valence electrons. The largest absolute Gasteiger partial charge is 0.462 e. The van der Waals surface area contributed by atoms with Crippen molar-refractivity contribution in [3.63, 3.8) is 0 Å². The van der Waals surface area contributed by atoms with Crippen molar-refractivity contribution in [1.29, 1.82) is 0 Å². The van der Waals surface area contributed by atoms with Crippen LogP contribution < -0.4 is 11.1 Å². The van der Waals surface area contributed by atoms with Gasteiger partial charge in [-0.3, -0.25) is 9.59 Å². The van der Waals surface area contributed by atoms with E-state index in [0.717, 1.165) is 4.88 Å². The lowest BCUT2D eigenvalue weighted by Crippen LogP contribution is -2.49. The third kappa shape index (κ3) is 3.20. The van der Waals surface area contributed by atoms with Gasteiger partial charge in [-0.25, -0.2) is 4.98 Å². The van der Waals surface area contributed by atoms with Crippen LogP contribution in [-0.2, 0) is 9.53 Å². The molecule has 1 aliphatic heterocycles. The lowest BCUT2D eigenvalue weighted by Gasteiger charge is -2.34. The number of furan rings is 1. The smallest absolute Gasteiger partial charge is 0.271 e. The van der Waals surface area contributed by atoms with E-state index < -0.39 is 11.3 Å². The fourth-order valence-electron chi connectivity index (χ4n) is 2.72. The highest BCUT2D eigenvalue weighted by atomic mass is 32.1. The number of nitrogens with two attached hydrogens (primary N) is 1. The molecule has 0 bridgehead atoms. The van der Waals surface area contributed by atoms with Crippen LogP contribution in [-0.4, -0.2) is 36.6 Å². The van der Waals surface area contributed by atoms with Gasteiger partial charge in [0, 0.05) is 24.6 Å². The zero-order valence-corrected chi connectivity index (χ0v) is 14.1. The van der Waals surface area contributed by atoms with E-state index in [1.807, 2.05) is 6.92 Å². The number of primary amides is 1. The number of nitrogens with zero attached hydrogens (tertiary/aromatic N) is 1. The fraction of sp³-hybridized carbons (Fsp3) is 0.438. The zero-order valence-electron chi connectivity index (χ0n) is 13.3. The quantitative estimate of drug-likeness (QED) is 0.854. The molecule has 2 aromatic heterocycles. The van der Waals surface area contributed by atoms with Crippen LogP contribution in [0.15, 0.2) is 22.8 Å². The van der Waals surface area contributed by atoms with E-state index in [1.165, 1.54) is 11.3 Å². The fourth-order valence-corrected chi connectivity index (χ4v) is 3.60. The van der Waals surface area contributed by atoms with Crippen LogP contribution in [0.5, 0.6) is 0 Å². The Labute approximate surface area is 143 Å².